The zero-order valence-corrected chi connectivity index (χ0v) is 13.6. The van der Waals surface area contributed by atoms with Crippen LogP contribution >= 0.6 is 12.2 Å². The molecule has 0 heterocycles. The molecule has 0 aromatic heterocycles. The van der Waals surface area contributed by atoms with Crippen LogP contribution in [0.3, 0.4) is 0 Å². The lowest BCUT2D eigenvalue weighted by molar-refractivity contribution is -0.143. The van der Waals surface area contributed by atoms with Gasteiger partial charge in [0.05, 0.1) is 17.5 Å². The van der Waals surface area contributed by atoms with E-state index in [1.54, 1.807) is 19.1 Å². The van der Waals surface area contributed by atoms with Gasteiger partial charge in [-0.1, -0.05) is 31.3 Å². The summed E-state index contributed by atoms with van der Waals surface area (Å²) < 4.78 is 5.20. The molecule has 1 aromatic carbocycles. The average molecular weight is 306 g/mol. The maximum absolute atomic E-state index is 12.7. The third-order valence-electron chi connectivity index (χ3n) is 4.18. The van der Waals surface area contributed by atoms with E-state index in [2.05, 4.69) is 6.92 Å². The quantitative estimate of drug-likeness (QED) is 0.849. The standard InChI is InChI=1S/C16H22N2O2S/c1-11-8-16(9-11,14(17)21)15(19)18(2)10-12-5-4-6-13(7-12)20-3/h4-7,11H,8-10H2,1-3H3,(H2,17,21). The van der Waals surface area contributed by atoms with Crippen LogP contribution in [-0.2, 0) is 11.3 Å². The number of methoxy groups -OCH3 is 1. The summed E-state index contributed by atoms with van der Waals surface area (Å²) in [5, 5.41) is 0. The molecule has 0 aliphatic heterocycles. The minimum absolute atomic E-state index is 0.0240. The zero-order valence-electron chi connectivity index (χ0n) is 12.8. The fraction of sp³-hybridized carbons (Fsp3) is 0.500. The van der Waals surface area contributed by atoms with Crippen molar-refractivity contribution in [2.45, 2.75) is 26.3 Å². The van der Waals surface area contributed by atoms with Crippen molar-refractivity contribution in [3.63, 3.8) is 0 Å². The molecule has 2 rings (SSSR count). The number of carbonyl (C=O) groups is 1. The molecule has 0 atom stereocenters. The molecule has 1 aliphatic rings. The Morgan fingerprint density at radius 2 is 2.19 bits per heavy atom. The Balaban J connectivity index is 2.10. The summed E-state index contributed by atoms with van der Waals surface area (Å²) in [7, 11) is 3.43. The SMILES string of the molecule is COc1cccc(CN(C)C(=O)C2(C(N)=S)CC(C)C2)c1. The Bertz CT molecular complexity index is 553. The predicted octanol–water partition coefficient (Wildman–Crippen LogP) is 2.36. The molecule has 1 aliphatic carbocycles. The highest BCUT2D eigenvalue weighted by molar-refractivity contribution is 7.80. The number of benzene rings is 1. The van der Waals surface area contributed by atoms with Crippen molar-refractivity contribution < 1.29 is 9.53 Å². The lowest BCUT2D eigenvalue weighted by Crippen LogP contribution is -2.56. The molecule has 1 amide bonds. The Labute approximate surface area is 131 Å². The second-order valence-corrected chi connectivity index (χ2v) is 6.41. The molecule has 4 nitrogen and oxygen atoms in total. The van der Waals surface area contributed by atoms with Gasteiger partial charge in [-0.25, -0.2) is 0 Å². The van der Waals surface area contributed by atoms with Crippen LogP contribution in [-0.4, -0.2) is 30.0 Å². The molecule has 0 spiro atoms. The van der Waals surface area contributed by atoms with Gasteiger partial charge in [-0.3, -0.25) is 4.79 Å². The normalized spacial score (nSPS) is 24.0. The van der Waals surface area contributed by atoms with E-state index < -0.39 is 5.41 Å². The number of carbonyl (C=O) groups excluding carboxylic acids is 1. The monoisotopic (exact) mass is 306 g/mol. The number of amides is 1. The summed E-state index contributed by atoms with van der Waals surface area (Å²) in [6, 6.07) is 7.71. The van der Waals surface area contributed by atoms with E-state index >= 15 is 0 Å². The third kappa shape index (κ3) is 3.02. The molecule has 1 fully saturated rings. The Morgan fingerprint density at radius 1 is 1.52 bits per heavy atom. The first-order chi connectivity index (χ1) is 9.89. The summed E-state index contributed by atoms with van der Waals surface area (Å²) in [5.41, 5.74) is 6.22. The molecular weight excluding hydrogens is 284 g/mol. The van der Waals surface area contributed by atoms with Crippen molar-refractivity contribution in [3.8, 4) is 5.75 Å². The molecule has 0 unspecified atom stereocenters. The minimum atomic E-state index is -0.637. The zero-order chi connectivity index (χ0) is 15.6. The van der Waals surface area contributed by atoms with Crippen LogP contribution < -0.4 is 10.5 Å². The van der Waals surface area contributed by atoms with E-state index in [1.807, 2.05) is 24.3 Å². The minimum Gasteiger partial charge on any atom is -0.497 e. The molecule has 5 heteroatoms. The number of nitrogens with two attached hydrogens (primary N) is 1. The van der Waals surface area contributed by atoms with Crippen LogP contribution in [0.25, 0.3) is 0 Å². The van der Waals surface area contributed by atoms with Gasteiger partial charge in [0, 0.05) is 13.6 Å². The van der Waals surface area contributed by atoms with Crippen LogP contribution in [0.4, 0.5) is 0 Å². The van der Waals surface area contributed by atoms with Gasteiger partial charge in [0.15, 0.2) is 0 Å². The molecule has 0 saturated heterocycles. The van der Waals surface area contributed by atoms with Crippen molar-refractivity contribution in [2.75, 3.05) is 14.2 Å². The second kappa shape index (κ2) is 6.02. The van der Waals surface area contributed by atoms with Gasteiger partial charge in [-0.15, -0.1) is 0 Å². The van der Waals surface area contributed by atoms with Crippen molar-refractivity contribution in [2.24, 2.45) is 17.1 Å². The van der Waals surface area contributed by atoms with Crippen LogP contribution in [0, 0.1) is 11.3 Å². The molecule has 1 saturated carbocycles. The number of hydrogen-bond acceptors (Lipinski definition) is 3. The number of hydrogen-bond donors (Lipinski definition) is 1. The van der Waals surface area contributed by atoms with E-state index in [0.717, 1.165) is 24.2 Å². The third-order valence-corrected chi connectivity index (χ3v) is 4.57. The highest BCUT2D eigenvalue weighted by Crippen LogP contribution is 2.47. The molecule has 0 bridgehead atoms. The average Bonchev–Trinajstić information content (AvgIpc) is 2.42. The van der Waals surface area contributed by atoms with Gasteiger partial charge in [0.1, 0.15) is 5.75 Å². The van der Waals surface area contributed by atoms with Crippen LogP contribution in [0.5, 0.6) is 5.75 Å². The van der Waals surface area contributed by atoms with E-state index in [-0.39, 0.29) is 5.91 Å². The first-order valence-corrected chi connectivity index (χ1v) is 7.48. The Morgan fingerprint density at radius 3 is 2.71 bits per heavy atom. The second-order valence-electron chi connectivity index (χ2n) is 5.97. The van der Waals surface area contributed by atoms with Gasteiger partial charge in [0.25, 0.3) is 0 Å². The summed E-state index contributed by atoms with van der Waals surface area (Å²) in [6.45, 7) is 2.64. The van der Waals surface area contributed by atoms with Gasteiger partial charge >= 0.3 is 0 Å². The number of rotatable bonds is 5. The van der Waals surface area contributed by atoms with Crippen LogP contribution in [0.2, 0.25) is 0 Å². The van der Waals surface area contributed by atoms with E-state index in [9.17, 15) is 4.79 Å². The number of thiocarbonyl (C=S) groups is 1. The van der Waals surface area contributed by atoms with Crippen molar-refractivity contribution >= 4 is 23.1 Å². The van der Waals surface area contributed by atoms with Gasteiger partial charge in [0.2, 0.25) is 5.91 Å². The molecular formula is C16H22N2O2S. The summed E-state index contributed by atoms with van der Waals surface area (Å²) in [4.78, 5) is 14.8. The van der Waals surface area contributed by atoms with Crippen molar-refractivity contribution in [1.29, 1.82) is 0 Å². The highest BCUT2D eigenvalue weighted by atomic mass is 32.1. The molecule has 1 aromatic rings. The molecule has 21 heavy (non-hydrogen) atoms. The first-order valence-electron chi connectivity index (χ1n) is 7.07. The lowest BCUT2D eigenvalue weighted by atomic mass is 9.61. The Kier molecular flexibility index (Phi) is 4.52. The smallest absolute Gasteiger partial charge is 0.235 e. The molecule has 0 radical (unpaired) electrons. The maximum atomic E-state index is 12.7. The topological polar surface area (TPSA) is 55.6 Å². The summed E-state index contributed by atoms with van der Waals surface area (Å²) in [5.74, 6) is 1.31. The van der Waals surface area contributed by atoms with Gasteiger partial charge < -0.3 is 15.4 Å². The Hall–Kier alpha value is -1.62. The van der Waals surface area contributed by atoms with E-state index in [1.165, 1.54) is 0 Å². The highest BCUT2D eigenvalue weighted by Gasteiger charge is 2.51. The fourth-order valence-electron chi connectivity index (χ4n) is 3.09. The van der Waals surface area contributed by atoms with Crippen LogP contribution in [0.1, 0.15) is 25.3 Å². The van der Waals surface area contributed by atoms with Crippen LogP contribution in [0.15, 0.2) is 24.3 Å². The van der Waals surface area contributed by atoms with E-state index in [4.69, 9.17) is 22.7 Å². The van der Waals surface area contributed by atoms with E-state index in [0.29, 0.717) is 17.5 Å². The largest absolute Gasteiger partial charge is 0.497 e. The lowest BCUT2D eigenvalue weighted by Gasteiger charge is -2.46. The predicted molar refractivity (Wildman–Crippen MR) is 87.1 cm³/mol. The van der Waals surface area contributed by atoms with Crippen molar-refractivity contribution in [3.05, 3.63) is 29.8 Å². The summed E-state index contributed by atoms with van der Waals surface area (Å²) in [6.07, 6.45) is 1.51. The number of ether oxygens (including phenoxy) is 1. The van der Waals surface area contributed by atoms with Crippen molar-refractivity contribution in [1.82, 2.24) is 4.90 Å². The number of nitrogens with zero attached hydrogens (tertiary/aromatic N) is 1. The fourth-order valence-corrected chi connectivity index (χ4v) is 3.35. The van der Waals surface area contributed by atoms with Gasteiger partial charge in [-0.05, 0) is 36.5 Å². The summed E-state index contributed by atoms with van der Waals surface area (Å²) >= 11 is 5.14. The maximum Gasteiger partial charge on any atom is 0.235 e. The van der Waals surface area contributed by atoms with Gasteiger partial charge in [-0.2, -0.15) is 0 Å². The molecule has 114 valence electrons. The first kappa shape index (κ1) is 15.8. The molecule has 2 N–H and O–H groups in total.